The van der Waals surface area contributed by atoms with Gasteiger partial charge in [0.2, 0.25) is 0 Å². The summed E-state index contributed by atoms with van der Waals surface area (Å²) in [5, 5.41) is 4.84. The number of hydrazine groups is 1. The van der Waals surface area contributed by atoms with E-state index >= 15 is 0 Å². The Morgan fingerprint density at radius 2 is 2.21 bits per heavy atom. The van der Waals surface area contributed by atoms with E-state index in [-0.39, 0.29) is 11.6 Å². The molecule has 1 saturated carbocycles. The van der Waals surface area contributed by atoms with Crippen molar-refractivity contribution in [3.63, 3.8) is 0 Å². The molecule has 2 rings (SSSR count). The van der Waals surface area contributed by atoms with Crippen LogP contribution in [0.2, 0.25) is 5.02 Å². The van der Waals surface area contributed by atoms with Crippen LogP contribution in [-0.4, -0.2) is 22.0 Å². The Bertz CT molecular complexity index is 390. The van der Waals surface area contributed by atoms with Crippen molar-refractivity contribution in [2.75, 3.05) is 6.61 Å². The molecule has 1 aromatic rings. The average Bonchev–Trinajstić information content (AvgIpc) is 2.73. The summed E-state index contributed by atoms with van der Waals surface area (Å²) in [6, 6.07) is -0.132. The lowest BCUT2D eigenvalue weighted by molar-refractivity contribution is -0.0928. The van der Waals surface area contributed by atoms with Gasteiger partial charge in [0.1, 0.15) is 0 Å². The molecule has 5 nitrogen and oxygen atoms in total. The first kappa shape index (κ1) is 14.8. The lowest BCUT2D eigenvalue weighted by atomic mass is 9.78. The molecule has 6 heteroatoms. The molecule has 108 valence electrons. The van der Waals surface area contributed by atoms with Gasteiger partial charge >= 0.3 is 0 Å². The van der Waals surface area contributed by atoms with Crippen molar-refractivity contribution in [2.24, 2.45) is 12.9 Å². The number of nitrogens with one attached hydrogen (secondary N) is 1. The molecular formula is C13H23ClN4O. The number of rotatable bonds is 5. The Balaban J connectivity index is 2.37. The third-order valence-corrected chi connectivity index (χ3v) is 4.33. The van der Waals surface area contributed by atoms with Crippen molar-refractivity contribution in [1.29, 1.82) is 0 Å². The van der Waals surface area contributed by atoms with E-state index in [1.165, 1.54) is 6.42 Å². The number of aryl methyl sites for hydroxylation is 1. The number of nitrogens with zero attached hydrogens (tertiary/aromatic N) is 2. The van der Waals surface area contributed by atoms with Crippen LogP contribution in [0.3, 0.4) is 0 Å². The first-order valence-electron chi connectivity index (χ1n) is 6.92. The molecule has 1 unspecified atom stereocenters. The third-order valence-electron chi connectivity index (χ3n) is 4.04. The number of halogens is 1. The summed E-state index contributed by atoms with van der Waals surface area (Å²) in [6.07, 6.45) is 7.23. The molecule has 0 bridgehead atoms. The number of aromatic nitrogens is 2. The normalized spacial score (nSPS) is 20.4. The van der Waals surface area contributed by atoms with Crippen molar-refractivity contribution in [1.82, 2.24) is 15.2 Å². The minimum Gasteiger partial charge on any atom is -0.373 e. The average molecular weight is 287 g/mol. The molecule has 1 aromatic heterocycles. The van der Waals surface area contributed by atoms with Crippen LogP contribution in [0.5, 0.6) is 0 Å². The standard InChI is InChI=1S/C13H23ClN4O/c1-3-19-13(7-5-4-6-8-13)12(17-15)11-10(14)9-16-18(11)2/h9,12,17H,3-8,15H2,1-2H3. The van der Waals surface area contributed by atoms with Crippen molar-refractivity contribution >= 4 is 11.6 Å². The van der Waals surface area contributed by atoms with Crippen LogP contribution in [0.4, 0.5) is 0 Å². The van der Waals surface area contributed by atoms with Crippen molar-refractivity contribution in [3.05, 3.63) is 16.9 Å². The minimum atomic E-state index is -0.279. The summed E-state index contributed by atoms with van der Waals surface area (Å²) in [7, 11) is 1.88. The van der Waals surface area contributed by atoms with Gasteiger partial charge in [-0.05, 0) is 19.8 Å². The zero-order valence-electron chi connectivity index (χ0n) is 11.7. The summed E-state index contributed by atoms with van der Waals surface area (Å²) in [6.45, 7) is 2.70. The van der Waals surface area contributed by atoms with E-state index in [0.717, 1.165) is 31.4 Å². The quantitative estimate of drug-likeness (QED) is 0.644. The van der Waals surface area contributed by atoms with Gasteiger partial charge in [0.15, 0.2) is 0 Å². The summed E-state index contributed by atoms with van der Waals surface area (Å²) in [5.41, 5.74) is 3.53. The second-order valence-electron chi connectivity index (χ2n) is 5.16. The predicted octanol–water partition coefficient (Wildman–Crippen LogP) is 2.32. The van der Waals surface area contributed by atoms with Gasteiger partial charge in [-0.2, -0.15) is 5.10 Å². The summed E-state index contributed by atoms with van der Waals surface area (Å²) < 4.78 is 7.90. The van der Waals surface area contributed by atoms with E-state index in [9.17, 15) is 0 Å². The van der Waals surface area contributed by atoms with Crippen LogP contribution in [0.15, 0.2) is 6.20 Å². The number of ether oxygens (including phenoxy) is 1. The largest absolute Gasteiger partial charge is 0.373 e. The Morgan fingerprint density at radius 1 is 1.53 bits per heavy atom. The Kier molecular flexibility index (Phi) is 4.84. The fraction of sp³-hybridized carbons (Fsp3) is 0.769. The maximum atomic E-state index is 6.27. The molecule has 3 N–H and O–H groups in total. The van der Waals surface area contributed by atoms with E-state index in [4.69, 9.17) is 22.2 Å². The van der Waals surface area contributed by atoms with Crippen molar-refractivity contribution in [3.8, 4) is 0 Å². The molecule has 1 fully saturated rings. The van der Waals surface area contributed by atoms with Gasteiger partial charge in [-0.3, -0.25) is 10.5 Å². The minimum absolute atomic E-state index is 0.132. The maximum Gasteiger partial charge on any atom is 0.0933 e. The van der Waals surface area contributed by atoms with Gasteiger partial charge in [-0.1, -0.05) is 30.9 Å². The summed E-state index contributed by atoms with van der Waals surface area (Å²) in [5.74, 6) is 5.82. The fourth-order valence-electron chi connectivity index (χ4n) is 3.18. The van der Waals surface area contributed by atoms with Crippen LogP contribution >= 0.6 is 11.6 Å². The molecule has 19 heavy (non-hydrogen) atoms. The highest BCUT2D eigenvalue weighted by molar-refractivity contribution is 6.31. The second kappa shape index (κ2) is 6.22. The smallest absolute Gasteiger partial charge is 0.0933 e. The van der Waals surface area contributed by atoms with E-state index in [2.05, 4.69) is 10.5 Å². The molecular weight excluding hydrogens is 264 g/mol. The molecule has 0 amide bonds. The zero-order chi connectivity index (χ0) is 13.9. The monoisotopic (exact) mass is 286 g/mol. The molecule has 0 radical (unpaired) electrons. The SMILES string of the molecule is CCOC1(C(NN)c2c(Cl)cnn2C)CCCCC1. The van der Waals surface area contributed by atoms with Gasteiger partial charge in [0.05, 0.1) is 28.6 Å². The molecule has 0 saturated heterocycles. The number of hydrogen-bond acceptors (Lipinski definition) is 4. The van der Waals surface area contributed by atoms with Crippen LogP contribution in [0.1, 0.15) is 50.8 Å². The molecule has 1 aliphatic rings. The van der Waals surface area contributed by atoms with E-state index in [1.54, 1.807) is 10.9 Å². The van der Waals surface area contributed by atoms with Crippen molar-refractivity contribution < 1.29 is 4.74 Å². The Morgan fingerprint density at radius 3 is 2.68 bits per heavy atom. The lowest BCUT2D eigenvalue weighted by Gasteiger charge is -2.43. The highest BCUT2D eigenvalue weighted by Gasteiger charge is 2.43. The topological polar surface area (TPSA) is 65.1 Å². The third kappa shape index (κ3) is 2.79. The highest BCUT2D eigenvalue weighted by atomic mass is 35.5. The second-order valence-corrected chi connectivity index (χ2v) is 5.57. The molecule has 1 heterocycles. The van der Waals surface area contributed by atoms with Gasteiger partial charge < -0.3 is 4.74 Å². The van der Waals surface area contributed by atoms with Crippen LogP contribution in [0, 0.1) is 0 Å². The molecule has 1 aliphatic carbocycles. The first-order valence-corrected chi connectivity index (χ1v) is 7.30. The lowest BCUT2D eigenvalue weighted by Crippen LogP contribution is -2.50. The summed E-state index contributed by atoms with van der Waals surface area (Å²) in [4.78, 5) is 0. The molecule has 1 atom stereocenters. The fourth-order valence-corrected chi connectivity index (χ4v) is 3.45. The Labute approximate surface area is 119 Å². The molecule has 0 spiro atoms. The van der Waals surface area contributed by atoms with Crippen molar-refractivity contribution in [2.45, 2.75) is 50.7 Å². The van der Waals surface area contributed by atoms with Crippen LogP contribution in [0.25, 0.3) is 0 Å². The Hall–Kier alpha value is -0.620. The zero-order valence-corrected chi connectivity index (χ0v) is 12.4. The van der Waals surface area contributed by atoms with Crippen LogP contribution in [-0.2, 0) is 11.8 Å². The number of nitrogens with two attached hydrogens (primary N) is 1. The van der Waals surface area contributed by atoms with Gasteiger partial charge in [0.25, 0.3) is 0 Å². The maximum absolute atomic E-state index is 6.27. The van der Waals surface area contributed by atoms with E-state index in [0.29, 0.717) is 11.6 Å². The summed E-state index contributed by atoms with van der Waals surface area (Å²) >= 11 is 6.27. The predicted molar refractivity (Wildman–Crippen MR) is 75.7 cm³/mol. The number of hydrogen-bond donors (Lipinski definition) is 2. The van der Waals surface area contributed by atoms with E-state index in [1.807, 2.05) is 14.0 Å². The van der Waals surface area contributed by atoms with E-state index < -0.39 is 0 Å². The highest BCUT2D eigenvalue weighted by Crippen LogP contribution is 2.42. The molecule has 0 aliphatic heterocycles. The van der Waals surface area contributed by atoms with Crippen LogP contribution < -0.4 is 11.3 Å². The van der Waals surface area contributed by atoms with Gasteiger partial charge in [-0.15, -0.1) is 0 Å². The van der Waals surface area contributed by atoms with Gasteiger partial charge in [-0.25, -0.2) is 5.43 Å². The molecule has 0 aromatic carbocycles. The first-order chi connectivity index (χ1) is 9.14. The van der Waals surface area contributed by atoms with Gasteiger partial charge in [0, 0.05) is 13.7 Å².